The fourth-order valence-electron chi connectivity index (χ4n) is 2.21. The average Bonchev–Trinajstić information content (AvgIpc) is 2.48. The summed E-state index contributed by atoms with van der Waals surface area (Å²) in [5.41, 5.74) is 0. The van der Waals surface area contributed by atoms with E-state index in [0.29, 0.717) is 49.7 Å². The molecule has 2 saturated heterocycles. The maximum Gasteiger partial charge on any atom is 0.231 e. The molecular formula is C11H16ClN5O2S. The van der Waals surface area contributed by atoms with Gasteiger partial charge in [-0.1, -0.05) is 0 Å². The van der Waals surface area contributed by atoms with Gasteiger partial charge in [0.2, 0.25) is 17.2 Å². The lowest BCUT2D eigenvalue weighted by Crippen LogP contribution is -2.40. The zero-order chi connectivity index (χ0) is 13.9. The molecule has 9 heteroatoms. The van der Waals surface area contributed by atoms with Crippen molar-refractivity contribution in [2.45, 2.75) is 0 Å². The number of hydrogen-bond acceptors (Lipinski definition) is 7. The number of anilines is 2. The fourth-order valence-corrected chi connectivity index (χ4v) is 3.42. The van der Waals surface area contributed by atoms with E-state index in [4.69, 9.17) is 16.3 Å². The van der Waals surface area contributed by atoms with Gasteiger partial charge < -0.3 is 14.5 Å². The van der Waals surface area contributed by atoms with E-state index in [9.17, 15) is 4.21 Å². The first-order valence-corrected chi connectivity index (χ1v) is 8.43. The van der Waals surface area contributed by atoms with Crippen molar-refractivity contribution in [1.82, 2.24) is 15.0 Å². The van der Waals surface area contributed by atoms with E-state index < -0.39 is 10.8 Å². The van der Waals surface area contributed by atoms with Gasteiger partial charge in [0.1, 0.15) is 0 Å². The van der Waals surface area contributed by atoms with Gasteiger partial charge in [-0.2, -0.15) is 15.0 Å². The maximum atomic E-state index is 11.4. The SMILES string of the molecule is O=S1CCN(c2nc(Cl)nc(N3CCOCC3)n2)CC1. The molecule has 0 saturated carbocycles. The molecule has 0 N–H and O–H groups in total. The van der Waals surface area contributed by atoms with Crippen molar-refractivity contribution in [2.24, 2.45) is 0 Å². The lowest BCUT2D eigenvalue weighted by molar-refractivity contribution is 0.122. The Kier molecular flexibility index (Phi) is 4.32. The summed E-state index contributed by atoms with van der Waals surface area (Å²) in [4.78, 5) is 16.9. The van der Waals surface area contributed by atoms with Crippen molar-refractivity contribution in [1.29, 1.82) is 0 Å². The van der Waals surface area contributed by atoms with Gasteiger partial charge in [0, 0.05) is 48.5 Å². The second-order valence-corrected chi connectivity index (χ2v) is 6.67. The molecule has 110 valence electrons. The molecule has 1 aromatic heterocycles. The summed E-state index contributed by atoms with van der Waals surface area (Å²) in [7, 11) is -0.722. The van der Waals surface area contributed by atoms with Crippen LogP contribution in [-0.2, 0) is 15.5 Å². The second-order valence-electron chi connectivity index (χ2n) is 4.64. The molecule has 0 amide bonds. The molecule has 3 heterocycles. The normalized spacial score (nSPS) is 21.2. The molecule has 0 bridgehead atoms. The van der Waals surface area contributed by atoms with E-state index in [2.05, 4.69) is 15.0 Å². The van der Waals surface area contributed by atoms with Crippen molar-refractivity contribution in [3.8, 4) is 0 Å². The van der Waals surface area contributed by atoms with Crippen molar-refractivity contribution in [2.75, 3.05) is 60.7 Å². The largest absolute Gasteiger partial charge is 0.378 e. The Morgan fingerprint density at radius 1 is 0.950 bits per heavy atom. The van der Waals surface area contributed by atoms with Gasteiger partial charge in [-0.3, -0.25) is 4.21 Å². The third-order valence-electron chi connectivity index (χ3n) is 3.34. The van der Waals surface area contributed by atoms with Crippen LogP contribution < -0.4 is 9.80 Å². The molecule has 2 aliphatic heterocycles. The van der Waals surface area contributed by atoms with Crippen LogP contribution in [0.15, 0.2) is 0 Å². The van der Waals surface area contributed by atoms with Crippen molar-refractivity contribution in [3.63, 3.8) is 0 Å². The van der Waals surface area contributed by atoms with E-state index in [1.165, 1.54) is 0 Å². The molecule has 0 atom stereocenters. The predicted molar refractivity (Wildman–Crippen MR) is 78.0 cm³/mol. The van der Waals surface area contributed by atoms with Gasteiger partial charge in [0.05, 0.1) is 13.2 Å². The highest BCUT2D eigenvalue weighted by Gasteiger charge is 2.21. The van der Waals surface area contributed by atoms with Gasteiger partial charge in [0.15, 0.2) is 0 Å². The molecule has 2 aliphatic rings. The minimum Gasteiger partial charge on any atom is -0.378 e. The fraction of sp³-hybridized carbons (Fsp3) is 0.727. The summed E-state index contributed by atoms with van der Waals surface area (Å²) in [6, 6.07) is 0. The number of aromatic nitrogens is 3. The van der Waals surface area contributed by atoms with Gasteiger partial charge in [-0.15, -0.1) is 0 Å². The first-order valence-electron chi connectivity index (χ1n) is 6.56. The van der Waals surface area contributed by atoms with E-state index in [1.54, 1.807) is 0 Å². The molecule has 0 radical (unpaired) electrons. The second kappa shape index (κ2) is 6.19. The predicted octanol–water partition coefficient (Wildman–Crippen LogP) is -0.0697. The summed E-state index contributed by atoms with van der Waals surface area (Å²) >= 11 is 6.01. The van der Waals surface area contributed by atoms with Crippen LogP contribution in [0.3, 0.4) is 0 Å². The number of ether oxygens (including phenoxy) is 1. The Morgan fingerprint density at radius 2 is 1.50 bits per heavy atom. The third-order valence-corrected chi connectivity index (χ3v) is 4.78. The van der Waals surface area contributed by atoms with Crippen LogP contribution in [0.1, 0.15) is 0 Å². The number of nitrogens with zero attached hydrogens (tertiary/aromatic N) is 5. The summed E-state index contributed by atoms with van der Waals surface area (Å²) in [5.74, 6) is 2.46. The van der Waals surface area contributed by atoms with Gasteiger partial charge in [0.25, 0.3) is 0 Å². The topological polar surface area (TPSA) is 71.5 Å². The monoisotopic (exact) mass is 317 g/mol. The minimum atomic E-state index is -0.722. The van der Waals surface area contributed by atoms with Crippen LogP contribution in [0.4, 0.5) is 11.9 Å². The lowest BCUT2D eigenvalue weighted by atomic mass is 10.4. The molecule has 0 aliphatic carbocycles. The van der Waals surface area contributed by atoms with Crippen molar-refractivity contribution in [3.05, 3.63) is 5.28 Å². The van der Waals surface area contributed by atoms with Crippen LogP contribution in [0.25, 0.3) is 0 Å². The number of rotatable bonds is 2. The molecule has 0 aromatic carbocycles. The summed E-state index contributed by atoms with van der Waals surface area (Å²) in [5, 5.41) is 0.197. The van der Waals surface area contributed by atoms with E-state index in [1.807, 2.05) is 9.80 Å². The third kappa shape index (κ3) is 3.18. The Morgan fingerprint density at radius 3 is 2.10 bits per heavy atom. The van der Waals surface area contributed by atoms with Gasteiger partial charge >= 0.3 is 0 Å². The molecule has 2 fully saturated rings. The van der Waals surface area contributed by atoms with Crippen LogP contribution in [-0.4, -0.2) is 70.1 Å². The Hall–Kier alpha value is -0.990. The number of halogens is 1. The Bertz CT molecular complexity index is 502. The van der Waals surface area contributed by atoms with Crippen LogP contribution >= 0.6 is 11.6 Å². The molecule has 3 rings (SSSR count). The zero-order valence-corrected chi connectivity index (χ0v) is 12.6. The minimum absolute atomic E-state index is 0.197. The smallest absolute Gasteiger partial charge is 0.231 e. The van der Waals surface area contributed by atoms with Gasteiger partial charge in [-0.05, 0) is 11.6 Å². The number of hydrogen-bond donors (Lipinski definition) is 0. The quantitative estimate of drug-likeness (QED) is 0.756. The molecule has 7 nitrogen and oxygen atoms in total. The molecule has 0 spiro atoms. The average molecular weight is 318 g/mol. The molecule has 20 heavy (non-hydrogen) atoms. The highest BCUT2D eigenvalue weighted by atomic mass is 35.5. The van der Waals surface area contributed by atoms with Crippen LogP contribution in [0.2, 0.25) is 5.28 Å². The van der Waals surface area contributed by atoms with E-state index >= 15 is 0 Å². The summed E-state index contributed by atoms with van der Waals surface area (Å²) in [6.45, 7) is 4.22. The first kappa shape index (κ1) is 14.0. The van der Waals surface area contributed by atoms with Crippen molar-refractivity contribution >= 4 is 34.3 Å². The van der Waals surface area contributed by atoms with Crippen LogP contribution in [0, 0.1) is 0 Å². The number of morpholine rings is 1. The van der Waals surface area contributed by atoms with E-state index in [0.717, 1.165) is 13.1 Å². The standard InChI is InChI=1S/C11H16ClN5O2S/c12-9-13-10(16-1-5-19-6-2-16)15-11(14-9)17-3-7-20(18)8-4-17/h1-8H2. The Labute approximate surface area is 124 Å². The maximum absolute atomic E-state index is 11.4. The van der Waals surface area contributed by atoms with Crippen molar-refractivity contribution < 1.29 is 8.95 Å². The molecule has 1 aromatic rings. The Balaban J connectivity index is 1.80. The first-order chi connectivity index (χ1) is 9.72. The zero-order valence-electron chi connectivity index (χ0n) is 11.0. The highest BCUT2D eigenvalue weighted by molar-refractivity contribution is 7.85. The summed E-state index contributed by atoms with van der Waals surface area (Å²) < 4.78 is 16.7. The van der Waals surface area contributed by atoms with Gasteiger partial charge in [-0.25, -0.2) is 0 Å². The lowest BCUT2D eigenvalue weighted by Gasteiger charge is -2.29. The van der Waals surface area contributed by atoms with Crippen LogP contribution in [0.5, 0.6) is 0 Å². The molecule has 0 unspecified atom stereocenters. The van der Waals surface area contributed by atoms with E-state index in [-0.39, 0.29) is 5.28 Å². The molecular weight excluding hydrogens is 302 g/mol. The highest BCUT2D eigenvalue weighted by Crippen LogP contribution is 2.18. The summed E-state index contributed by atoms with van der Waals surface area (Å²) in [6.07, 6.45) is 0.